The zero-order chi connectivity index (χ0) is 37.3. The molecule has 3 amide bonds. The molecule has 2 aromatic rings. The Morgan fingerprint density at radius 3 is 1.54 bits per heavy atom. The van der Waals surface area contributed by atoms with Gasteiger partial charge in [-0.2, -0.15) is 0 Å². The van der Waals surface area contributed by atoms with Crippen LogP contribution < -0.4 is 21.1 Å². The van der Waals surface area contributed by atoms with Gasteiger partial charge >= 0.3 is 0 Å². The number of benzene rings is 1. The molecule has 0 unspecified atom stereocenters. The summed E-state index contributed by atoms with van der Waals surface area (Å²) in [5.41, 5.74) is 5.91. The molecule has 0 saturated carbocycles. The molecular formula is C36H56N4O12. The molecule has 1 heterocycles. The van der Waals surface area contributed by atoms with Crippen molar-refractivity contribution in [3.8, 4) is 11.6 Å². The second-order valence-electron chi connectivity index (χ2n) is 11.0. The fraction of sp³-hybridized carbons (Fsp3) is 0.611. The van der Waals surface area contributed by atoms with Crippen LogP contribution in [0.25, 0.3) is 0 Å². The van der Waals surface area contributed by atoms with Crippen LogP contribution in [0, 0.1) is 0 Å². The molecule has 0 aliphatic rings. The summed E-state index contributed by atoms with van der Waals surface area (Å²) in [5.74, 6) is -0.0772. The van der Waals surface area contributed by atoms with Gasteiger partial charge in [0.1, 0.15) is 5.75 Å². The summed E-state index contributed by atoms with van der Waals surface area (Å²) >= 11 is 0. The molecule has 52 heavy (non-hydrogen) atoms. The molecular weight excluding hydrogens is 680 g/mol. The van der Waals surface area contributed by atoms with Crippen molar-refractivity contribution in [3.05, 3.63) is 53.7 Å². The van der Waals surface area contributed by atoms with E-state index in [4.69, 9.17) is 48.4 Å². The minimum absolute atomic E-state index is 0.0697. The Labute approximate surface area is 306 Å². The maximum atomic E-state index is 12.5. The molecule has 1 aromatic heterocycles. The van der Waals surface area contributed by atoms with Gasteiger partial charge in [0.15, 0.2) is 0 Å². The van der Waals surface area contributed by atoms with Gasteiger partial charge in [-0.25, -0.2) is 4.98 Å². The molecule has 4 N–H and O–H groups in total. The van der Waals surface area contributed by atoms with E-state index in [9.17, 15) is 14.4 Å². The third-order valence-electron chi connectivity index (χ3n) is 6.80. The van der Waals surface area contributed by atoms with Crippen molar-refractivity contribution in [2.75, 3.05) is 119 Å². The van der Waals surface area contributed by atoms with Gasteiger partial charge in [0, 0.05) is 37.3 Å². The predicted octanol–water partition coefficient (Wildman–Crippen LogP) is 2.14. The van der Waals surface area contributed by atoms with Crippen molar-refractivity contribution in [2.45, 2.75) is 26.2 Å². The lowest BCUT2D eigenvalue weighted by Gasteiger charge is -2.09. The molecule has 292 valence electrons. The third-order valence-corrected chi connectivity index (χ3v) is 6.80. The van der Waals surface area contributed by atoms with Crippen molar-refractivity contribution in [1.82, 2.24) is 15.6 Å². The molecule has 0 aliphatic heterocycles. The molecule has 16 nitrogen and oxygen atoms in total. The first-order valence-corrected chi connectivity index (χ1v) is 17.7. The van der Waals surface area contributed by atoms with Crippen molar-refractivity contribution in [3.63, 3.8) is 0 Å². The molecule has 0 saturated heterocycles. The van der Waals surface area contributed by atoms with E-state index in [1.165, 1.54) is 18.3 Å². The molecule has 0 atom stereocenters. The maximum absolute atomic E-state index is 12.5. The van der Waals surface area contributed by atoms with Crippen LogP contribution in [0.15, 0.2) is 42.6 Å². The Hall–Kier alpha value is -3.74. The Morgan fingerprint density at radius 2 is 1.10 bits per heavy atom. The number of hydrogen-bond acceptors (Lipinski definition) is 13. The quantitative estimate of drug-likeness (QED) is 0.0885. The summed E-state index contributed by atoms with van der Waals surface area (Å²) in [4.78, 5) is 39.2. The summed E-state index contributed by atoms with van der Waals surface area (Å²) in [6, 6.07) is 9.70. The first kappa shape index (κ1) is 44.4. The number of aromatic nitrogens is 1. The largest absolute Gasteiger partial charge is 0.439 e. The number of carbonyl (C=O) groups excluding carboxylic acids is 3. The second-order valence-corrected chi connectivity index (χ2v) is 11.0. The van der Waals surface area contributed by atoms with Crippen LogP contribution in [0.2, 0.25) is 0 Å². The summed E-state index contributed by atoms with van der Waals surface area (Å²) < 4.78 is 49.4. The number of amides is 3. The first-order chi connectivity index (χ1) is 25.5. The lowest BCUT2D eigenvalue weighted by Crippen LogP contribution is -2.27. The van der Waals surface area contributed by atoms with Crippen LogP contribution in [0.5, 0.6) is 11.6 Å². The highest BCUT2D eigenvalue weighted by Gasteiger charge is 2.08. The van der Waals surface area contributed by atoms with Gasteiger partial charge in [-0.15, -0.1) is 0 Å². The van der Waals surface area contributed by atoms with Gasteiger partial charge in [0.05, 0.1) is 111 Å². The summed E-state index contributed by atoms with van der Waals surface area (Å²) in [6.45, 7) is 10.1. The normalized spacial score (nSPS) is 11.0. The monoisotopic (exact) mass is 736 g/mol. The Balaban J connectivity index is 1.27. The van der Waals surface area contributed by atoms with Crippen molar-refractivity contribution in [2.24, 2.45) is 5.73 Å². The minimum Gasteiger partial charge on any atom is -0.439 e. The lowest BCUT2D eigenvalue weighted by atomic mass is 10.2. The van der Waals surface area contributed by atoms with Crippen LogP contribution in [0.1, 0.15) is 46.9 Å². The van der Waals surface area contributed by atoms with Gasteiger partial charge in [-0.1, -0.05) is 19.4 Å². The Kier molecular flexibility index (Phi) is 26.4. The van der Waals surface area contributed by atoms with Crippen LogP contribution in [0.3, 0.4) is 0 Å². The van der Waals surface area contributed by atoms with Crippen molar-refractivity contribution in [1.29, 1.82) is 0 Å². The number of primary amides is 1. The van der Waals surface area contributed by atoms with E-state index in [2.05, 4.69) is 22.5 Å². The van der Waals surface area contributed by atoms with Gasteiger partial charge in [0.2, 0.25) is 17.7 Å². The van der Waals surface area contributed by atoms with Gasteiger partial charge in [-0.05, 0) is 30.7 Å². The van der Waals surface area contributed by atoms with E-state index >= 15 is 0 Å². The van der Waals surface area contributed by atoms with Crippen LogP contribution >= 0.6 is 0 Å². The first-order valence-electron chi connectivity index (χ1n) is 17.7. The standard InChI is InChI=1S/C36H56N4O12/c1-2-3-7-33(41)38-10-12-44-14-16-46-18-20-48-22-24-50-26-27-51-25-23-49-21-19-47-17-15-45-13-11-39-36(43)30-5-4-6-32(28-30)52-34-9-8-31(29-40-34)35(37)42/h4-6,8-9,28-29H,2-3,7,10-27H2,1H3,(H2,37,42)(H,38,41)(H,39,43). The van der Waals surface area contributed by atoms with Crippen LogP contribution in [-0.2, 0) is 42.7 Å². The molecule has 0 radical (unpaired) electrons. The average molecular weight is 737 g/mol. The summed E-state index contributed by atoms with van der Waals surface area (Å²) in [6.07, 6.45) is 3.81. The molecule has 16 heteroatoms. The molecule has 0 fully saturated rings. The summed E-state index contributed by atoms with van der Waals surface area (Å²) in [5, 5.41) is 5.62. The number of pyridine rings is 1. The van der Waals surface area contributed by atoms with Gasteiger partial charge in [-0.3, -0.25) is 14.4 Å². The fourth-order valence-corrected chi connectivity index (χ4v) is 4.08. The minimum atomic E-state index is -0.577. The molecule has 2 rings (SSSR count). The SMILES string of the molecule is CCCCC(=O)NCCOCCOCCOCCOCCOCCOCCOCCOCCNC(=O)c1cccc(Oc2ccc(C(N)=O)cn2)c1. The maximum Gasteiger partial charge on any atom is 0.251 e. The van der Waals surface area contributed by atoms with Crippen molar-refractivity contribution >= 4 is 17.7 Å². The van der Waals surface area contributed by atoms with Crippen LogP contribution in [-0.4, -0.2) is 142 Å². The highest BCUT2D eigenvalue weighted by atomic mass is 16.6. The van der Waals surface area contributed by atoms with E-state index in [0.717, 1.165) is 12.8 Å². The second kappa shape index (κ2) is 30.8. The number of hydrogen-bond donors (Lipinski definition) is 3. The Morgan fingerprint density at radius 1 is 0.615 bits per heavy atom. The van der Waals surface area contributed by atoms with Gasteiger partial charge in [0.25, 0.3) is 5.91 Å². The number of unbranched alkanes of at least 4 members (excludes halogenated alkanes) is 1. The predicted molar refractivity (Wildman–Crippen MR) is 191 cm³/mol. The number of carbonyl (C=O) groups is 3. The molecule has 1 aromatic carbocycles. The molecule has 0 spiro atoms. The third kappa shape index (κ3) is 23.7. The van der Waals surface area contributed by atoms with E-state index in [0.29, 0.717) is 137 Å². The number of nitrogens with zero attached hydrogens (tertiary/aromatic N) is 1. The highest BCUT2D eigenvalue weighted by molar-refractivity contribution is 5.94. The van der Waals surface area contributed by atoms with Crippen molar-refractivity contribution < 1.29 is 57.0 Å². The number of ether oxygens (including phenoxy) is 9. The number of nitrogens with two attached hydrogens (primary N) is 1. The van der Waals surface area contributed by atoms with E-state index in [-0.39, 0.29) is 23.3 Å². The zero-order valence-electron chi connectivity index (χ0n) is 30.3. The topological polar surface area (TPSA) is 197 Å². The van der Waals surface area contributed by atoms with Crippen LogP contribution in [0.4, 0.5) is 0 Å². The van der Waals surface area contributed by atoms with E-state index in [1.54, 1.807) is 24.3 Å². The zero-order valence-corrected chi connectivity index (χ0v) is 30.3. The Bertz CT molecular complexity index is 1220. The highest BCUT2D eigenvalue weighted by Crippen LogP contribution is 2.20. The summed E-state index contributed by atoms with van der Waals surface area (Å²) in [7, 11) is 0. The number of rotatable bonds is 34. The average Bonchev–Trinajstić information content (AvgIpc) is 3.15. The number of nitrogens with one attached hydrogen (secondary N) is 2. The fourth-order valence-electron chi connectivity index (χ4n) is 4.08. The molecule has 0 aliphatic carbocycles. The molecule has 0 bridgehead atoms. The van der Waals surface area contributed by atoms with E-state index < -0.39 is 5.91 Å². The van der Waals surface area contributed by atoms with E-state index in [1.807, 2.05) is 0 Å². The lowest BCUT2D eigenvalue weighted by molar-refractivity contribution is -0.121. The van der Waals surface area contributed by atoms with Gasteiger partial charge < -0.3 is 59.0 Å². The smallest absolute Gasteiger partial charge is 0.251 e.